The zero-order valence-corrected chi connectivity index (χ0v) is 10.6. The predicted molar refractivity (Wildman–Crippen MR) is 63.4 cm³/mol. The summed E-state index contributed by atoms with van der Waals surface area (Å²) in [5.74, 6) is -2.71. The summed E-state index contributed by atoms with van der Waals surface area (Å²) in [4.78, 5) is 0. The molecule has 1 aromatic carbocycles. The van der Waals surface area contributed by atoms with Gasteiger partial charge in [-0.3, -0.25) is 0 Å². The highest BCUT2D eigenvalue weighted by Gasteiger charge is 2.23. The first-order valence-electron chi connectivity index (χ1n) is 5.45. The Kier molecular flexibility index (Phi) is 9.24. The van der Waals surface area contributed by atoms with Crippen molar-refractivity contribution < 1.29 is 8.78 Å². The third-order valence-electron chi connectivity index (χ3n) is 1.56. The normalized spacial score (nSPS) is 9.33. The van der Waals surface area contributed by atoms with Gasteiger partial charge in [-0.05, 0) is 6.92 Å². The maximum atomic E-state index is 12.6. The van der Waals surface area contributed by atoms with E-state index in [1.54, 1.807) is 12.1 Å². The molecule has 0 atom stereocenters. The van der Waals surface area contributed by atoms with Gasteiger partial charge in [0.1, 0.15) is 0 Å². The van der Waals surface area contributed by atoms with Gasteiger partial charge < -0.3 is 0 Å². The summed E-state index contributed by atoms with van der Waals surface area (Å²) in [7, 11) is 0. The first-order chi connectivity index (χ1) is 7.00. The molecule has 0 fully saturated rings. The molecule has 0 N–H and O–H groups in total. The Hall–Kier alpha value is -0.920. The number of rotatable bonds is 1. The highest BCUT2D eigenvalue weighted by molar-refractivity contribution is 5.24. The number of benzene rings is 1. The monoisotopic (exact) mass is 216 g/mol. The van der Waals surface area contributed by atoms with Crippen molar-refractivity contribution in [3.8, 4) is 0 Å². The van der Waals surface area contributed by atoms with Crippen LogP contribution in [0.4, 0.5) is 8.78 Å². The van der Waals surface area contributed by atoms with Crippen molar-refractivity contribution in [2.45, 2.75) is 47.5 Å². The van der Waals surface area contributed by atoms with Crippen LogP contribution in [0.3, 0.4) is 0 Å². The van der Waals surface area contributed by atoms with Gasteiger partial charge in [0.05, 0.1) is 0 Å². The summed E-state index contributed by atoms with van der Waals surface area (Å²) in [5, 5.41) is 0. The minimum atomic E-state index is -2.71. The molecule has 0 radical (unpaired) electrons. The zero-order chi connectivity index (χ0) is 12.5. The van der Waals surface area contributed by atoms with E-state index in [1.807, 2.05) is 34.6 Å². The molecule has 0 aliphatic carbocycles. The highest BCUT2D eigenvalue weighted by Crippen LogP contribution is 2.26. The van der Waals surface area contributed by atoms with E-state index >= 15 is 0 Å². The third-order valence-corrected chi connectivity index (χ3v) is 1.56. The third kappa shape index (κ3) is 7.06. The Labute approximate surface area is 92.3 Å². The molecule has 0 spiro atoms. The largest absolute Gasteiger partial charge is 0.270 e. The lowest BCUT2D eigenvalue weighted by atomic mass is 10.1. The second-order valence-corrected chi connectivity index (χ2v) is 2.75. The molecule has 0 amide bonds. The summed E-state index contributed by atoms with van der Waals surface area (Å²) >= 11 is 0. The summed E-state index contributed by atoms with van der Waals surface area (Å²) in [6, 6.07) is 6.28. The zero-order valence-electron chi connectivity index (χ0n) is 10.6. The molecule has 0 aromatic heterocycles. The molecule has 15 heavy (non-hydrogen) atoms. The van der Waals surface area contributed by atoms with Crippen LogP contribution in [-0.4, -0.2) is 0 Å². The number of alkyl halides is 2. The van der Waals surface area contributed by atoms with Crippen LogP contribution in [0.1, 0.15) is 45.7 Å². The van der Waals surface area contributed by atoms with E-state index in [2.05, 4.69) is 0 Å². The van der Waals surface area contributed by atoms with Gasteiger partial charge in [-0.25, -0.2) is 8.78 Å². The lowest BCUT2D eigenvalue weighted by Crippen LogP contribution is -2.06. The second-order valence-electron chi connectivity index (χ2n) is 2.75. The molecular weight excluding hydrogens is 194 g/mol. The van der Waals surface area contributed by atoms with Gasteiger partial charge in [0, 0.05) is 12.5 Å². The number of hydrogen-bond acceptors (Lipinski definition) is 0. The second kappa shape index (κ2) is 8.39. The van der Waals surface area contributed by atoms with Crippen LogP contribution in [-0.2, 0) is 5.92 Å². The molecule has 0 aliphatic rings. The predicted octanol–water partition coefficient (Wildman–Crippen LogP) is 5.16. The van der Waals surface area contributed by atoms with Crippen LogP contribution in [0.5, 0.6) is 0 Å². The van der Waals surface area contributed by atoms with Crippen LogP contribution in [0.2, 0.25) is 0 Å². The van der Waals surface area contributed by atoms with Gasteiger partial charge in [0.15, 0.2) is 0 Å². The van der Waals surface area contributed by atoms with Crippen LogP contribution in [0, 0.1) is 6.92 Å². The van der Waals surface area contributed by atoms with Crippen molar-refractivity contribution >= 4 is 0 Å². The highest BCUT2D eigenvalue weighted by atomic mass is 19.3. The molecule has 0 saturated heterocycles. The van der Waals surface area contributed by atoms with E-state index in [0.29, 0.717) is 0 Å². The van der Waals surface area contributed by atoms with Gasteiger partial charge in [0.25, 0.3) is 5.92 Å². The first-order valence-corrected chi connectivity index (χ1v) is 5.45. The Morgan fingerprint density at radius 2 is 1.20 bits per heavy atom. The van der Waals surface area contributed by atoms with Crippen molar-refractivity contribution in [2.24, 2.45) is 0 Å². The summed E-state index contributed by atoms with van der Waals surface area (Å²) in [6.07, 6.45) is 0. The van der Waals surface area contributed by atoms with E-state index in [0.717, 1.165) is 12.5 Å². The lowest BCUT2D eigenvalue weighted by molar-refractivity contribution is 0.0175. The molecule has 1 rings (SSSR count). The van der Waals surface area contributed by atoms with Gasteiger partial charge in [0.2, 0.25) is 0 Å². The minimum Gasteiger partial charge on any atom is -0.202 e. The molecule has 1 aromatic rings. The van der Waals surface area contributed by atoms with Gasteiger partial charge in [-0.1, -0.05) is 57.5 Å². The summed E-state index contributed by atoms with van der Waals surface area (Å²) in [5.41, 5.74) is 1.07. The van der Waals surface area contributed by atoms with Gasteiger partial charge >= 0.3 is 0 Å². The fourth-order valence-electron chi connectivity index (χ4n) is 0.846. The first kappa shape index (κ1) is 16.5. The summed E-state index contributed by atoms with van der Waals surface area (Å²) < 4.78 is 25.2. The minimum absolute atomic E-state index is 0.0723. The van der Waals surface area contributed by atoms with Gasteiger partial charge in [-0.2, -0.15) is 0 Å². The van der Waals surface area contributed by atoms with Crippen molar-refractivity contribution in [1.82, 2.24) is 0 Å². The van der Waals surface area contributed by atoms with Crippen molar-refractivity contribution in [3.05, 3.63) is 35.4 Å². The van der Waals surface area contributed by atoms with Crippen LogP contribution >= 0.6 is 0 Å². The topological polar surface area (TPSA) is 0 Å². The van der Waals surface area contributed by atoms with Crippen molar-refractivity contribution in [2.75, 3.05) is 0 Å². The van der Waals surface area contributed by atoms with Crippen LogP contribution < -0.4 is 0 Å². The average Bonchev–Trinajstić information content (AvgIpc) is 2.23. The average molecular weight is 216 g/mol. The number of aryl methyl sites for hydroxylation is 1. The fourth-order valence-corrected chi connectivity index (χ4v) is 0.846. The Morgan fingerprint density at radius 3 is 1.47 bits per heavy atom. The standard InChI is InChI=1S/C9H10F2.2C2H6/c1-7-3-5-8(6-4-7)9(2,10)11;2*1-2/h3-6H,1-2H3;2*1-2H3. The molecular formula is C13H22F2. The molecule has 0 aliphatic heterocycles. The maximum Gasteiger partial charge on any atom is 0.270 e. The maximum absolute atomic E-state index is 12.6. The van der Waals surface area contributed by atoms with E-state index in [4.69, 9.17) is 0 Å². The van der Waals surface area contributed by atoms with E-state index in [-0.39, 0.29) is 5.56 Å². The van der Waals surface area contributed by atoms with Crippen LogP contribution in [0.15, 0.2) is 24.3 Å². The quantitative estimate of drug-likeness (QED) is 0.608. The Balaban J connectivity index is 0. The molecule has 0 saturated carbocycles. The van der Waals surface area contributed by atoms with Crippen molar-refractivity contribution in [1.29, 1.82) is 0 Å². The van der Waals surface area contributed by atoms with E-state index in [9.17, 15) is 8.78 Å². The number of halogens is 2. The van der Waals surface area contributed by atoms with E-state index in [1.165, 1.54) is 12.1 Å². The molecule has 0 unspecified atom stereocenters. The fraction of sp³-hybridized carbons (Fsp3) is 0.538. The van der Waals surface area contributed by atoms with Crippen LogP contribution in [0.25, 0.3) is 0 Å². The molecule has 88 valence electrons. The number of hydrogen-bond donors (Lipinski definition) is 0. The molecule has 0 nitrogen and oxygen atoms in total. The van der Waals surface area contributed by atoms with Crippen molar-refractivity contribution in [3.63, 3.8) is 0 Å². The molecule has 2 heteroatoms. The molecule has 0 heterocycles. The smallest absolute Gasteiger partial charge is 0.202 e. The summed E-state index contributed by atoms with van der Waals surface area (Å²) in [6.45, 7) is 10.8. The Bertz CT molecular complexity index is 232. The van der Waals surface area contributed by atoms with E-state index < -0.39 is 5.92 Å². The SMILES string of the molecule is CC.CC.Cc1ccc(C(C)(F)F)cc1. The Morgan fingerprint density at radius 1 is 0.867 bits per heavy atom. The van der Waals surface area contributed by atoms with Gasteiger partial charge in [-0.15, -0.1) is 0 Å². The molecule has 0 bridgehead atoms. The lowest BCUT2D eigenvalue weighted by Gasteiger charge is -2.09.